The van der Waals surface area contributed by atoms with Crippen LogP contribution in [0.1, 0.15) is 43.5 Å². The fourth-order valence-electron chi connectivity index (χ4n) is 2.40. The zero-order valence-corrected chi connectivity index (χ0v) is 13.1. The van der Waals surface area contributed by atoms with Gasteiger partial charge in [-0.15, -0.1) is 0 Å². The van der Waals surface area contributed by atoms with Crippen LogP contribution in [0.25, 0.3) is 0 Å². The van der Waals surface area contributed by atoms with Crippen LogP contribution in [0.2, 0.25) is 0 Å². The third-order valence-electron chi connectivity index (χ3n) is 3.65. The summed E-state index contributed by atoms with van der Waals surface area (Å²) in [5.41, 5.74) is 3.77. The highest BCUT2D eigenvalue weighted by molar-refractivity contribution is 5.24. The van der Waals surface area contributed by atoms with E-state index in [0.717, 1.165) is 18.5 Å². The minimum atomic E-state index is -0.188. The van der Waals surface area contributed by atoms with Crippen molar-refractivity contribution in [3.05, 3.63) is 71.0 Å². The minimum absolute atomic E-state index is 0.188. The second-order valence-electron chi connectivity index (χ2n) is 6.07. The largest absolute Gasteiger partial charge is 0.306 e. The summed E-state index contributed by atoms with van der Waals surface area (Å²) in [6.45, 7) is 7.39. The molecule has 21 heavy (non-hydrogen) atoms. The molecule has 0 bridgehead atoms. The van der Waals surface area contributed by atoms with E-state index in [-0.39, 0.29) is 11.9 Å². The van der Waals surface area contributed by atoms with E-state index in [1.165, 1.54) is 23.3 Å². The lowest BCUT2D eigenvalue weighted by Gasteiger charge is -2.14. The van der Waals surface area contributed by atoms with Gasteiger partial charge in [-0.3, -0.25) is 0 Å². The molecule has 0 aromatic heterocycles. The Kier molecular flexibility index (Phi) is 5.51. The van der Waals surface area contributed by atoms with Gasteiger partial charge in [-0.05, 0) is 48.1 Å². The van der Waals surface area contributed by atoms with Gasteiger partial charge in [0, 0.05) is 12.6 Å². The van der Waals surface area contributed by atoms with Crippen LogP contribution >= 0.6 is 0 Å². The lowest BCUT2D eigenvalue weighted by Crippen LogP contribution is -2.18. The van der Waals surface area contributed by atoms with E-state index in [4.69, 9.17) is 0 Å². The molecule has 1 atom stereocenters. The van der Waals surface area contributed by atoms with Crippen molar-refractivity contribution in [2.45, 2.75) is 39.8 Å². The van der Waals surface area contributed by atoms with E-state index in [9.17, 15) is 4.39 Å². The molecule has 0 aliphatic heterocycles. The first-order valence-corrected chi connectivity index (χ1v) is 7.61. The Labute approximate surface area is 127 Å². The maximum absolute atomic E-state index is 12.9. The average Bonchev–Trinajstić information content (AvgIpc) is 2.46. The van der Waals surface area contributed by atoms with E-state index < -0.39 is 0 Å². The van der Waals surface area contributed by atoms with E-state index in [1.54, 1.807) is 0 Å². The van der Waals surface area contributed by atoms with E-state index >= 15 is 0 Å². The average molecular weight is 285 g/mol. The van der Waals surface area contributed by atoms with Gasteiger partial charge in [0.05, 0.1) is 0 Å². The smallest absolute Gasteiger partial charge is 0.123 e. The lowest BCUT2D eigenvalue weighted by atomic mass is 10.0. The van der Waals surface area contributed by atoms with Gasteiger partial charge in [0.25, 0.3) is 0 Å². The van der Waals surface area contributed by atoms with Crippen LogP contribution in [0.5, 0.6) is 0 Å². The summed E-state index contributed by atoms with van der Waals surface area (Å²) >= 11 is 0. The fourth-order valence-corrected chi connectivity index (χ4v) is 2.40. The molecule has 2 aromatic rings. The zero-order chi connectivity index (χ0) is 15.2. The molecule has 0 aliphatic carbocycles. The normalized spacial score (nSPS) is 12.6. The molecule has 0 saturated heterocycles. The topological polar surface area (TPSA) is 12.0 Å². The van der Waals surface area contributed by atoms with Crippen molar-refractivity contribution in [1.82, 2.24) is 5.32 Å². The van der Waals surface area contributed by atoms with Crippen LogP contribution in [0.4, 0.5) is 4.39 Å². The SMILES string of the molecule is CC(C)Cc1ccc(CNC(C)c2ccc(F)cc2)cc1. The third kappa shape index (κ3) is 4.98. The van der Waals surface area contributed by atoms with Gasteiger partial charge in [0.2, 0.25) is 0 Å². The summed E-state index contributed by atoms with van der Waals surface area (Å²) in [6, 6.07) is 15.7. The molecule has 0 saturated carbocycles. The van der Waals surface area contributed by atoms with Crippen molar-refractivity contribution >= 4 is 0 Å². The molecule has 1 nitrogen and oxygen atoms in total. The molecule has 1 unspecified atom stereocenters. The number of hydrogen-bond donors (Lipinski definition) is 1. The van der Waals surface area contributed by atoms with Crippen LogP contribution in [-0.2, 0) is 13.0 Å². The maximum atomic E-state index is 12.9. The van der Waals surface area contributed by atoms with E-state index in [0.29, 0.717) is 5.92 Å². The number of halogens is 1. The standard InChI is InChI=1S/C19H24FN/c1-14(2)12-16-4-6-17(7-5-16)13-21-15(3)18-8-10-19(20)11-9-18/h4-11,14-15,21H,12-13H2,1-3H3. The molecule has 0 radical (unpaired) electrons. The van der Waals surface area contributed by atoms with Crippen molar-refractivity contribution in [2.75, 3.05) is 0 Å². The van der Waals surface area contributed by atoms with Crippen molar-refractivity contribution in [1.29, 1.82) is 0 Å². The first-order chi connectivity index (χ1) is 10.0. The Morgan fingerprint density at radius 3 is 2.00 bits per heavy atom. The Balaban J connectivity index is 1.88. The summed E-state index contributed by atoms with van der Waals surface area (Å²) in [5, 5.41) is 3.47. The van der Waals surface area contributed by atoms with Crippen LogP contribution in [0, 0.1) is 11.7 Å². The maximum Gasteiger partial charge on any atom is 0.123 e. The number of hydrogen-bond acceptors (Lipinski definition) is 1. The zero-order valence-electron chi connectivity index (χ0n) is 13.1. The quantitative estimate of drug-likeness (QED) is 0.798. The molecular formula is C19H24FN. The first-order valence-electron chi connectivity index (χ1n) is 7.61. The monoisotopic (exact) mass is 285 g/mol. The van der Waals surface area contributed by atoms with Gasteiger partial charge in [-0.1, -0.05) is 50.2 Å². The van der Waals surface area contributed by atoms with Crippen LogP contribution in [0.15, 0.2) is 48.5 Å². The second kappa shape index (κ2) is 7.37. The van der Waals surface area contributed by atoms with Crippen molar-refractivity contribution in [3.63, 3.8) is 0 Å². The molecule has 2 heteroatoms. The highest BCUT2D eigenvalue weighted by Gasteiger charge is 2.05. The van der Waals surface area contributed by atoms with Crippen LogP contribution < -0.4 is 5.32 Å². The predicted molar refractivity (Wildman–Crippen MR) is 86.6 cm³/mol. The molecule has 2 rings (SSSR count). The van der Waals surface area contributed by atoms with Crippen LogP contribution in [0.3, 0.4) is 0 Å². The molecule has 0 spiro atoms. The number of rotatable bonds is 6. The first kappa shape index (κ1) is 15.7. The van der Waals surface area contributed by atoms with Crippen molar-refractivity contribution in [2.24, 2.45) is 5.92 Å². The highest BCUT2D eigenvalue weighted by atomic mass is 19.1. The van der Waals surface area contributed by atoms with Gasteiger partial charge >= 0.3 is 0 Å². The number of benzene rings is 2. The Morgan fingerprint density at radius 2 is 1.43 bits per heavy atom. The fraction of sp³-hybridized carbons (Fsp3) is 0.368. The predicted octanol–water partition coefficient (Wildman–Crippen LogP) is 4.88. The number of nitrogens with one attached hydrogen (secondary N) is 1. The lowest BCUT2D eigenvalue weighted by molar-refractivity contribution is 0.571. The molecule has 0 aliphatic rings. The molecular weight excluding hydrogens is 261 g/mol. The summed E-state index contributed by atoms with van der Waals surface area (Å²) in [5.74, 6) is 0.499. The van der Waals surface area contributed by atoms with E-state index in [1.807, 2.05) is 12.1 Å². The van der Waals surface area contributed by atoms with Gasteiger partial charge in [0.15, 0.2) is 0 Å². The molecule has 112 valence electrons. The van der Waals surface area contributed by atoms with Crippen molar-refractivity contribution in [3.8, 4) is 0 Å². The summed E-state index contributed by atoms with van der Waals surface area (Å²) in [6.07, 6.45) is 1.12. The molecule has 1 N–H and O–H groups in total. The van der Waals surface area contributed by atoms with Gasteiger partial charge < -0.3 is 5.32 Å². The second-order valence-corrected chi connectivity index (χ2v) is 6.07. The highest BCUT2D eigenvalue weighted by Crippen LogP contribution is 2.14. The summed E-state index contributed by atoms with van der Waals surface area (Å²) < 4.78 is 12.9. The Hall–Kier alpha value is -1.67. The van der Waals surface area contributed by atoms with Gasteiger partial charge in [0.1, 0.15) is 5.82 Å². The summed E-state index contributed by atoms with van der Waals surface area (Å²) in [7, 11) is 0. The summed E-state index contributed by atoms with van der Waals surface area (Å²) in [4.78, 5) is 0. The van der Waals surface area contributed by atoms with Crippen LogP contribution in [-0.4, -0.2) is 0 Å². The minimum Gasteiger partial charge on any atom is -0.306 e. The van der Waals surface area contributed by atoms with Crippen molar-refractivity contribution < 1.29 is 4.39 Å². The molecule has 0 fully saturated rings. The molecule has 2 aromatic carbocycles. The molecule has 0 amide bonds. The third-order valence-corrected chi connectivity index (χ3v) is 3.65. The van der Waals surface area contributed by atoms with E-state index in [2.05, 4.69) is 50.4 Å². The molecule has 0 heterocycles. The van der Waals surface area contributed by atoms with Gasteiger partial charge in [-0.25, -0.2) is 4.39 Å². The Morgan fingerprint density at radius 1 is 0.857 bits per heavy atom. The Bertz CT molecular complexity index is 543. The van der Waals surface area contributed by atoms with Gasteiger partial charge in [-0.2, -0.15) is 0 Å².